The third-order valence-electron chi connectivity index (χ3n) is 3.54. The number of likely N-dealkylation sites (tertiary alicyclic amines) is 1. The molecule has 0 atom stereocenters. The van der Waals surface area contributed by atoms with Gasteiger partial charge in [0.2, 0.25) is 0 Å². The number of hydrogen-bond donors (Lipinski definition) is 2. The van der Waals surface area contributed by atoms with Gasteiger partial charge in [0.1, 0.15) is 5.82 Å². The summed E-state index contributed by atoms with van der Waals surface area (Å²) in [5.41, 5.74) is 0.493. The Morgan fingerprint density at radius 3 is 2.70 bits per heavy atom. The molecule has 0 spiro atoms. The first-order chi connectivity index (χ1) is 11.0. The lowest BCUT2D eigenvalue weighted by atomic mass is 10.1. The first-order valence-electron chi connectivity index (χ1n) is 7.44. The molecule has 6 nitrogen and oxygen atoms in total. The van der Waals surface area contributed by atoms with Crippen molar-refractivity contribution < 1.29 is 18.7 Å². The molecular weight excluding hydrogens is 369 g/mol. The summed E-state index contributed by atoms with van der Waals surface area (Å²) in [7, 11) is 0. The van der Waals surface area contributed by atoms with E-state index in [1.807, 2.05) is 0 Å². The van der Waals surface area contributed by atoms with Crippen molar-refractivity contribution in [3.8, 4) is 0 Å². The third kappa shape index (κ3) is 5.09. The molecule has 8 heteroatoms. The summed E-state index contributed by atoms with van der Waals surface area (Å²) < 4.78 is 18.4. The van der Waals surface area contributed by atoms with Crippen molar-refractivity contribution in [3.63, 3.8) is 0 Å². The highest BCUT2D eigenvalue weighted by atomic mass is 79.9. The van der Waals surface area contributed by atoms with E-state index >= 15 is 0 Å². The lowest BCUT2D eigenvalue weighted by Crippen LogP contribution is -2.47. The Labute approximate surface area is 142 Å². The van der Waals surface area contributed by atoms with Gasteiger partial charge in [-0.15, -0.1) is 0 Å². The number of hydrogen-bond acceptors (Lipinski definition) is 3. The Bertz CT molecular complexity index is 577. The number of amides is 3. The van der Waals surface area contributed by atoms with Crippen LogP contribution in [0.5, 0.6) is 0 Å². The summed E-state index contributed by atoms with van der Waals surface area (Å²) in [4.78, 5) is 25.2. The fourth-order valence-corrected chi connectivity index (χ4v) is 2.81. The van der Waals surface area contributed by atoms with Crippen molar-refractivity contribution in [3.05, 3.63) is 28.5 Å². The van der Waals surface area contributed by atoms with E-state index in [2.05, 4.69) is 26.6 Å². The van der Waals surface area contributed by atoms with Gasteiger partial charge in [-0.2, -0.15) is 0 Å². The highest BCUT2D eigenvalue weighted by Crippen LogP contribution is 2.23. The Morgan fingerprint density at radius 1 is 1.39 bits per heavy atom. The van der Waals surface area contributed by atoms with Gasteiger partial charge in [-0.1, -0.05) is 0 Å². The molecule has 126 valence electrons. The average molecular weight is 388 g/mol. The number of nitrogens with one attached hydrogen (secondary N) is 2. The molecule has 2 N–H and O–H groups in total. The number of nitrogens with zero attached hydrogens (tertiary/aromatic N) is 1. The van der Waals surface area contributed by atoms with Gasteiger partial charge >= 0.3 is 12.1 Å². The minimum Gasteiger partial charge on any atom is -0.450 e. The fourth-order valence-electron chi connectivity index (χ4n) is 2.36. The van der Waals surface area contributed by atoms with Crippen LogP contribution >= 0.6 is 15.9 Å². The number of benzene rings is 1. The Hall–Kier alpha value is -1.83. The monoisotopic (exact) mass is 387 g/mol. The maximum Gasteiger partial charge on any atom is 0.409 e. The van der Waals surface area contributed by atoms with Crippen LogP contribution in [0.1, 0.15) is 19.8 Å². The van der Waals surface area contributed by atoms with Crippen molar-refractivity contribution >= 4 is 33.7 Å². The van der Waals surface area contributed by atoms with E-state index in [9.17, 15) is 14.0 Å². The van der Waals surface area contributed by atoms with E-state index in [0.29, 0.717) is 42.7 Å². The maximum atomic E-state index is 13.0. The van der Waals surface area contributed by atoms with Crippen LogP contribution in [0, 0.1) is 5.82 Å². The number of carbonyl (C=O) groups is 2. The van der Waals surface area contributed by atoms with Gasteiger partial charge in [-0.25, -0.2) is 14.0 Å². The van der Waals surface area contributed by atoms with E-state index in [0.717, 1.165) is 0 Å². The van der Waals surface area contributed by atoms with Crippen molar-refractivity contribution in [1.82, 2.24) is 10.2 Å². The molecule has 1 heterocycles. The SMILES string of the molecule is CCOC(=O)N1CCC(NC(=O)Nc2ccc(F)cc2Br)CC1. The molecule has 3 amide bonds. The molecule has 0 saturated carbocycles. The summed E-state index contributed by atoms with van der Waals surface area (Å²) >= 11 is 3.20. The number of piperidine rings is 1. The van der Waals surface area contributed by atoms with Crippen LogP contribution < -0.4 is 10.6 Å². The molecule has 1 aromatic rings. The number of anilines is 1. The van der Waals surface area contributed by atoms with E-state index in [4.69, 9.17) is 4.74 Å². The minimum atomic E-state index is -0.380. The smallest absolute Gasteiger partial charge is 0.409 e. The average Bonchev–Trinajstić information content (AvgIpc) is 2.51. The fraction of sp³-hybridized carbons (Fsp3) is 0.467. The zero-order chi connectivity index (χ0) is 16.8. The molecule has 0 bridgehead atoms. The second-order valence-electron chi connectivity index (χ2n) is 5.18. The van der Waals surface area contributed by atoms with E-state index < -0.39 is 0 Å². The lowest BCUT2D eigenvalue weighted by molar-refractivity contribution is 0.0959. The second kappa shape index (κ2) is 8.14. The molecular formula is C15H19BrFN3O3. The van der Waals surface area contributed by atoms with Gasteiger partial charge in [0.15, 0.2) is 0 Å². The number of carbonyl (C=O) groups excluding carboxylic acids is 2. The molecule has 0 unspecified atom stereocenters. The highest BCUT2D eigenvalue weighted by Gasteiger charge is 2.24. The summed E-state index contributed by atoms with van der Waals surface area (Å²) in [5.74, 6) is -0.380. The first kappa shape index (κ1) is 17.5. The number of ether oxygens (including phenoxy) is 1. The summed E-state index contributed by atoms with van der Waals surface area (Å²) in [5, 5.41) is 5.53. The molecule has 1 aromatic carbocycles. The summed E-state index contributed by atoms with van der Waals surface area (Å²) in [6.45, 7) is 3.21. The molecule has 2 rings (SSSR count). The van der Waals surface area contributed by atoms with Crippen LogP contribution in [-0.4, -0.2) is 42.8 Å². The van der Waals surface area contributed by atoms with Crippen molar-refractivity contribution in [2.45, 2.75) is 25.8 Å². The molecule has 0 aromatic heterocycles. The van der Waals surface area contributed by atoms with Crippen molar-refractivity contribution in [2.24, 2.45) is 0 Å². The van der Waals surface area contributed by atoms with Crippen LogP contribution in [0.2, 0.25) is 0 Å². The number of halogens is 2. The predicted octanol–water partition coefficient (Wildman–Crippen LogP) is 3.33. The molecule has 1 aliphatic heterocycles. The molecule has 23 heavy (non-hydrogen) atoms. The standard InChI is InChI=1S/C15H19BrFN3O3/c1-2-23-15(22)20-7-5-11(6-8-20)18-14(21)19-13-4-3-10(17)9-12(13)16/h3-4,9,11H,2,5-8H2,1H3,(H2,18,19,21). The zero-order valence-electron chi connectivity index (χ0n) is 12.8. The first-order valence-corrected chi connectivity index (χ1v) is 8.23. The maximum absolute atomic E-state index is 13.0. The molecule has 1 fully saturated rings. The van der Waals surface area contributed by atoms with Gasteiger partial charge in [-0.05, 0) is 53.9 Å². The molecule has 0 radical (unpaired) electrons. The van der Waals surface area contributed by atoms with E-state index in [-0.39, 0.29) is 24.0 Å². The Kier molecular flexibility index (Phi) is 6.20. The van der Waals surface area contributed by atoms with Gasteiger partial charge in [-0.3, -0.25) is 0 Å². The lowest BCUT2D eigenvalue weighted by Gasteiger charge is -2.31. The predicted molar refractivity (Wildman–Crippen MR) is 87.9 cm³/mol. The highest BCUT2D eigenvalue weighted by molar-refractivity contribution is 9.10. The minimum absolute atomic E-state index is 0.0140. The van der Waals surface area contributed by atoms with Crippen LogP contribution in [0.3, 0.4) is 0 Å². The summed E-state index contributed by atoms with van der Waals surface area (Å²) in [6, 6.07) is 3.68. The summed E-state index contributed by atoms with van der Waals surface area (Å²) in [6.07, 6.45) is 1.01. The van der Waals surface area contributed by atoms with Crippen LogP contribution in [-0.2, 0) is 4.74 Å². The van der Waals surface area contributed by atoms with Crippen LogP contribution in [0.25, 0.3) is 0 Å². The van der Waals surface area contributed by atoms with Gasteiger partial charge in [0, 0.05) is 23.6 Å². The molecule has 0 aliphatic carbocycles. The van der Waals surface area contributed by atoms with Crippen LogP contribution in [0.15, 0.2) is 22.7 Å². The van der Waals surface area contributed by atoms with Crippen molar-refractivity contribution in [1.29, 1.82) is 0 Å². The number of urea groups is 1. The van der Waals surface area contributed by atoms with Gasteiger partial charge < -0.3 is 20.3 Å². The number of rotatable bonds is 3. The van der Waals surface area contributed by atoms with Crippen molar-refractivity contribution in [2.75, 3.05) is 25.0 Å². The van der Waals surface area contributed by atoms with E-state index in [1.54, 1.807) is 11.8 Å². The quantitative estimate of drug-likeness (QED) is 0.835. The van der Waals surface area contributed by atoms with E-state index in [1.165, 1.54) is 18.2 Å². The Balaban J connectivity index is 1.79. The second-order valence-corrected chi connectivity index (χ2v) is 6.04. The topological polar surface area (TPSA) is 70.7 Å². The molecule has 1 saturated heterocycles. The zero-order valence-corrected chi connectivity index (χ0v) is 14.4. The largest absolute Gasteiger partial charge is 0.450 e. The van der Waals surface area contributed by atoms with Gasteiger partial charge in [0.25, 0.3) is 0 Å². The molecule has 1 aliphatic rings. The Morgan fingerprint density at radius 2 is 2.09 bits per heavy atom. The van der Waals surface area contributed by atoms with Gasteiger partial charge in [0.05, 0.1) is 12.3 Å². The normalized spacial score (nSPS) is 15.2. The third-order valence-corrected chi connectivity index (χ3v) is 4.19. The van der Waals surface area contributed by atoms with Crippen LogP contribution in [0.4, 0.5) is 19.7 Å².